The first-order valence-electron chi connectivity index (χ1n) is 10.7. The Morgan fingerprint density at radius 1 is 0.972 bits per heavy atom. The highest BCUT2D eigenvalue weighted by Crippen LogP contribution is 2.30. The number of rotatable bonds is 6. The summed E-state index contributed by atoms with van der Waals surface area (Å²) in [6, 6.07) is 17.2. The fourth-order valence-corrected chi connectivity index (χ4v) is 3.85. The van der Waals surface area contributed by atoms with E-state index >= 15 is 0 Å². The van der Waals surface area contributed by atoms with Crippen molar-refractivity contribution < 1.29 is 23.9 Å². The zero-order valence-corrected chi connectivity index (χ0v) is 20.4. The Kier molecular flexibility index (Phi) is 7.38. The predicted molar refractivity (Wildman–Crippen MR) is 137 cm³/mol. The summed E-state index contributed by atoms with van der Waals surface area (Å²) in [5, 5.41) is 5.57. The van der Waals surface area contributed by atoms with Crippen LogP contribution in [-0.2, 0) is 14.4 Å². The number of imide groups is 2. The van der Waals surface area contributed by atoms with Crippen molar-refractivity contribution in [2.24, 2.45) is 0 Å². The van der Waals surface area contributed by atoms with Gasteiger partial charge in [-0.2, -0.15) is 0 Å². The number of benzene rings is 3. The molecule has 3 aromatic carbocycles. The normalized spacial score (nSPS) is 14.6. The van der Waals surface area contributed by atoms with Crippen LogP contribution in [0.1, 0.15) is 11.1 Å². The maximum absolute atomic E-state index is 13.2. The molecule has 10 heteroatoms. The fourth-order valence-electron chi connectivity index (χ4n) is 3.49. The number of anilines is 2. The number of halogens is 2. The lowest BCUT2D eigenvalue weighted by atomic mass is 10.0. The van der Waals surface area contributed by atoms with E-state index in [1.807, 2.05) is 0 Å². The van der Waals surface area contributed by atoms with Gasteiger partial charge in [-0.15, -0.1) is 0 Å². The molecule has 0 saturated carbocycles. The van der Waals surface area contributed by atoms with Crippen LogP contribution in [-0.4, -0.2) is 30.4 Å². The largest absolute Gasteiger partial charge is 0.483 e. The van der Waals surface area contributed by atoms with Crippen LogP contribution in [0.25, 0.3) is 6.08 Å². The number of urea groups is 1. The Morgan fingerprint density at radius 3 is 2.44 bits per heavy atom. The van der Waals surface area contributed by atoms with Gasteiger partial charge >= 0.3 is 6.03 Å². The lowest BCUT2D eigenvalue weighted by molar-refractivity contribution is -0.122. The third kappa shape index (κ3) is 5.25. The van der Waals surface area contributed by atoms with Crippen LogP contribution in [0, 0.1) is 6.92 Å². The van der Waals surface area contributed by atoms with E-state index in [1.165, 1.54) is 6.08 Å². The Labute approximate surface area is 216 Å². The summed E-state index contributed by atoms with van der Waals surface area (Å²) < 4.78 is 5.65. The predicted octanol–water partition coefficient (Wildman–Crippen LogP) is 4.99. The average Bonchev–Trinajstić information content (AvgIpc) is 2.85. The molecule has 0 aliphatic carbocycles. The van der Waals surface area contributed by atoms with Gasteiger partial charge in [-0.1, -0.05) is 59.6 Å². The van der Waals surface area contributed by atoms with Gasteiger partial charge in [0.15, 0.2) is 6.61 Å². The first kappa shape index (κ1) is 25.0. The molecular weight excluding hydrogens is 505 g/mol. The van der Waals surface area contributed by atoms with Crippen molar-refractivity contribution in [2.75, 3.05) is 16.8 Å². The van der Waals surface area contributed by atoms with Gasteiger partial charge in [-0.05, 0) is 48.9 Å². The number of hydrogen-bond acceptors (Lipinski definition) is 5. The molecule has 1 heterocycles. The summed E-state index contributed by atoms with van der Waals surface area (Å²) in [4.78, 5) is 51.5. The van der Waals surface area contributed by atoms with Gasteiger partial charge in [0.1, 0.15) is 11.3 Å². The zero-order chi connectivity index (χ0) is 25.8. The lowest BCUT2D eigenvalue weighted by Crippen LogP contribution is -2.54. The third-order valence-electron chi connectivity index (χ3n) is 5.31. The molecule has 0 aromatic heterocycles. The minimum atomic E-state index is -0.881. The number of hydrogen-bond donors (Lipinski definition) is 2. The molecule has 1 fully saturated rings. The van der Waals surface area contributed by atoms with Crippen molar-refractivity contribution in [1.29, 1.82) is 0 Å². The number of nitrogens with zero attached hydrogens (tertiary/aromatic N) is 1. The summed E-state index contributed by atoms with van der Waals surface area (Å²) >= 11 is 12.2. The van der Waals surface area contributed by atoms with Crippen LogP contribution >= 0.6 is 23.2 Å². The van der Waals surface area contributed by atoms with Gasteiger partial charge in [-0.25, -0.2) is 9.69 Å². The standard InChI is InChI=1S/C26H19Cl2N3O5/c1-15-18(27)9-6-11-21(15)31-25(34)17(24(33)30-26(31)35)13-16-7-2-5-12-22(16)36-14-23(32)29-20-10-4-3-8-19(20)28/h2-13H,14H2,1H3,(H,29,32)(H,30,33,35)/b17-13-. The van der Waals surface area contributed by atoms with E-state index in [4.69, 9.17) is 27.9 Å². The van der Waals surface area contributed by atoms with Crippen molar-refractivity contribution in [3.63, 3.8) is 0 Å². The second-order valence-corrected chi connectivity index (χ2v) is 8.51. The van der Waals surface area contributed by atoms with Gasteiger partial charge in [0.05, 0.1) is 16.4 Å². The van der Waals surface area contributed by atoms with E-state index in [2.05, 4.69) is 10.6 Å². The Morgan fingerprint density at radius 2 is 1.67 bits per heavy atom. The minimum Gasteiger partial charge on any atom is -0.483 e. The van der Waals surface area contributed by atoms with Crippen molar-refractivity contribution in [1.82, 2.24) is 5.32 Å². The smallest absolute Gasteiger partial charge is 0.335 e. The first-order chi connectivity index (χ1) is 17.3. The molecule has 0 unspecified atom stereocenters. The highest BCUT2D eigenvalue weighted by molar-refractivity contribution is 6.40. The molecule has 0 bridgehead atoms. The van der Waals surface area contributed by atoms with Crippen molar-refractivity contribution >= 4 is 64.4 Å². The molecule has 0 atom stereocenters. The van der Waals surface area contributed by atoms with Crippen molar-refractivity contribution in [3.8, 4) is 5.75 Å². The number of amides is 5. The summed E-state index contributed by atoms with van der Waals surface area (Å²) in [5.74, 6) is -1.87. The van der Waals surface area contributed by atoms with Crippen LogP contribution in [0.15, 0.2) is 72.3 Å². The Hall–Kier alpha value is -4.14. The van der Waals surface area contributed by atoms with E-state index in [-0.39, 0.29) is 23.6 Å². The van der Waals surface area contributed by atoms with Crippen LogP contribution in [0.4, 0.5) is 16.2 Å². The second-order valence-electron chi connectivity index (χ2n) is 7.70. The van der Waals surface area contributed by atoms with Crippen LogP contribution in [0.5, 0.6) is 5.75 Å². The molecule has 0 spiro atoms. The first-order valence-corrected chi connectivity index (χ1v) is 11.4. The molecule has 3 aromatic rings. The zero-order valence-electron chi connectivity index (χ0n) is 18.9. The summed E-state index contributed by atoms with van der Waals surface area (Å²) in [5.41, 5.74) is 1.27. The average molecular weight is 524 g/mol. The SMILES string of the molecule is Cc1c(Cl)cccc1N1C(=O)NC(=O)/C(=C/c2ccccc2OCC(=O)Nc2ccccc2Cl)C1=O. The number of ether oxygens (including phenoxy) is 1. The monoisotopic (exact) mass is 523 g/mol. The Balaban J connectivity index is 1.58. The van der Waals surface area contributed by atoms with E-state index in [0.717, 1.165) is 4.90 Å². The number of para-hydroxylation sites is 2. The molecule has 1 saturated heterocycles. The molecule has 1 aliphatic rings. The molecule has 8 nitrogen and oxygen atoms in total. The summed E-state index contributed by atoms with van der Waals surface area (Å²) in [6.45, 7) is 1.31. The molecule has 2 N–H and O–H groups in total. The second kappa shape index (κ2) is 10.6. The number of carbonyl (C=O) groups excluding carboxylic acids is 4. The third-order valence-corrected chi connectivity index (χ3v) is 6.05. The van der Waals surface area contributed by atoms with Gasteiger partial charge in [0.2, 0.25) is 0 Å². The van der Waals surface area contributed by atoms with E-state index in [9.17, 15) is 19.2 Å². The number of nitrogens with one attached hydrogen (secondary N) is 2. The number of carbonyl (C=O) groups is 4. The molecule has 1 aliphatic heterocycles. The quantitative estimate of drug-likeness (QED) is 0.350. The maximum atomic E-state index is 13.2. The lowest BCUT2D eigenvalue weighted by Gasteiger charge is -2.27. The van der Waals surface area contributed by atoms with Crippen LogP contribution < -0.4 is 20.3 Å². The fraction of sp³-hybridized carbons (Fsp3) is 0.0769. The van der Waals surface area contributed by atoms with Crippen LogP contribution in [0.3, 0.4) is 0 Å². The highest BCUT2D eigenvalue weighted by atomic mass is 35.5. The molecule has 0 radical (unpaired) electrons. The van der Waals surface area contributed by atoms with E-state index in [1.54, 1.807) is 73.7 Å². The highest BCUT2D eigenvalue weighted by Gasteiger charge is 2.37. The van der Waals surface area contributed by atoms with Gasteiger partial charge < -0.3 is 10.1 Å². The maximum Gasteiger partial charge on any atom is 0.335 e. The van der Waals surface area contributed by atoms with E-state index < -0.39 is 23.8 Å². The topological polar surface area (TPSA) is 105 Å². The minimum absolute atomic E-state index is 0.252. The van der Waals surface area contributed by atoms with E-state index in [0.29, 0.717) is 26.9 Å². The molecule has 5 amide bonds. The summed E-state index contributed by atoms with van der Waals surface area (Å²) in [6.07, 6.45) is 1.30. The summed E-state index contributed by atoms with van der Waals surface area (Å²) in [7, 11) is 0. The van der Waals surface area contributed by atoms with Crippen LogP contribution in [0.2, 0.25) is 10.0 Å². The van der Waals surface area contributed by atoms with Crippen molar-refractivity contribution in [3.05, 3.63) is 93.5 Å². The molecule has 182 valence electrons. The van der Waals surface area contributed by atoms with Gasteiger partial charge in [-0.3, -0.25) is 19.7 Å². The van der Waals surface area contributed by atoms with Crippen molar-refractivity contribution in [2.45, 2.75) is 6.92 Å². The molecule has 36 heavy (non-hydrogen) atoms. The molecule has 4 rings (SSSR count). The number of barbiturate groups is 1. The van der Waals surface area contributed by atoms with Gasteiger partial charge in [0.25, 0.3) is 17.7 Å². The Bertz CT molecular complexity index is 1420. The molecular formula is C26H19Cl2N3O5. The van der Waals surface area contributed by atoms with Gasteiger partial charge in [0, 0.05) is 10.6 Å².